The van der Waals surface area contributed by atoms with Crippen molar-refractivity contribution in [3.8, 4) is 0 Å². The van der Waals surface area contributed by atoms with Gasteiger partial charge in [0, 0.05) is 61.5 Å². The molecule has 3 aliphatic rings. The number of hydrogen-bond donors (Lipinski definition) is 2. The van der Waals surface area contributed by atoms with Gasteiger partial charge in [-0.15, -0.1) is 0 Å². The maximum absolute atomic E-state index is 14.6. The van der Waals surface area contributed by atoms with Crippen molar-refractivity contribution in [3.05, 3.63) is 64.5 Å². The first-order valence-corrected chi connectivity index (χ1v) is 11.4. The number of nitrogens with one attached hydrogen (secondary N) is 2. The second kappa shape index (κ2) is 9.52. The summed E-state index contributed by atoms with van der Waals surface area (Å²) in [4.78, 5) is 40.3. The number of fused-ring (bicyclic) bond motifs is 1. The number of halogens is 1. The summed E-state index contributed by atoms with van der Waals surface area (Å²) in [6.45, 7) is 1.44. The highest BCUT2D eigenvalue weighted by Gasteiger charge is 2.39. The molecule has 5 rings (SSSR count). The van der Waals surface area contributed by atoms with Gasteiger partial charge in [-0.2, -0.15) is 0 Å². The molecule has 2 saturated heterocycles. The van der Waals surface area contributed by atoms with Crippen LogP contribution in [0.4, 0.5) is 10.1 Å². The Hall–Kier alpha value is -3.30. The third kappa shape index (κ3) is 4.53. The Morgan fingerprint density at radius 3 is 2.79 bits per heavy atom. The third-order valence-electron chi connectivity index (χ3n) is 6.36. The lowest BCUT2D eigenvalue weighted by molar-refractivity contribution is -0.136. The number of anilines is 1. The van der Waals surface area contributed by atoms with Gasteiger partial charge in [-0.25, -0.2) is 4.39 Å². The lowest BCUT2D eigenvalue weighted by Crippen LogP contribution is -2.52. The van der Waals surface area contributed by atoms with Gasteiger partial charge in [0.05, 0.1) is 16.0 Å². The number of nitrogens with zero attached hydrogens (tertiary/aromatic N) is 2. The highest BCUT2D eigenvalue weighted by Crippen LogP contribution is 2.32. The SMILES string of the molecule is [2H]C1([2H])c2c(NCc3cc(CN4CCOCC4)ccc3F)cccc2C(=O)N1C1CCC(=O)NC1=O. The smallest absolute Gasteiger partial charge is 0.255 e. The maximum atomic E-state index is 14.6. The van der Waals surface area contributed by atoms with E-state index in [1.165, 1.54) is 12.1 Å². The quantitative estimate of drug-likeness (QED) is 0.631. The molecular formula is C25H27FN4O4. The molecule has 0 bridgehead atoms. The summed E-state index contributed by atoms with van der Waals surface area (Å²) in [7, 11) is 0. The average molecular weight is 469 g/mol. The van der Waals surface area contributed by atoms with Crippen LogP contribution in [-0.4, -0.2) is 59.9 Å². The van der Waals surface area contributed by atoms with Gasteiger partial charge in [0.1, 0.15) is 11.9 Å². The fraction of sp³-hybridized carbons (Fsp3) is 0.400. The Morgan fingerprint density at radius 2 is 2.00 bits per heavy atom. The zero-order chi connectivity index (χ0) is 25.4. The topological polar surface area (TPSA) is 91.0 Å². The number of hydrogen-bond acceptors (Lipinski definition) is 6. The molecule has 0 spiro atoms. The van der Waals surface area contributed by atoms with Crippen molar-refractivity contribution in [2.45, 2.75) is 38.5 Å². The number of ether oxygens (including phenoxy) is 1. The van der Waals surface area contributed by atoms with E-state index in [2.05, 4.69) is 15.5 Å². The molecule has 8 nitrogen and oxygen atoms in total. The van der Waals surface area contributed by atoms with E-state index in [1.54, 1.807) is 24.3 Å². The van der Waals surface area contributed by atoms with Gasteiger partial charge in [-0.3, -0.25) is 24.6 Å². The van der Waals surface area contributed by atoms with Gasteiger partial charge >= 0.3 is 0 Å². The van der Waals surface area contributed by atoms with Crippen LogP contribution in [0.1, 0.15) is 42.6 Å². The molecule has 0 aliphatic carbocycles. The number of benzene rings is 2. The van der Waals surface area contributed by atoms with E-state index >= 15 is 0 Å². The summed E-state index contributed by atoms with van der Waals surface area (Å²) in [5.74, 6) is -2.14. The molecule has 3 amide bonds. The maximum Gasteiger partial charge on any atom is 0.255 e. The molecular weight excluding hydrogens is 439 g/mol. The van der Waals surface area contributed by atoms with Crippen LogP contribution in [0.5, 0.6) is 0 Å². The molecule has 3 heterocycles. The first kappa shape index (κ1) is 20.1. The van der Waals surface area contributed by atoms with Crippen LogP contribution in [0.25, 0.3) is 0 Å². The Kier molecular flexibility index (Phi) is 5.63. The van der Waals surface area contributed by atoms with Crippen molar-refractivity contribution in [3.63, 3.8) is 0 Å². The second-order valence-electron chi connectivity index (χ2n) is 8.65. The highest BCUT2D eigenvalue weighted by molar-refractivity contribution is 6.06. The summed E-state index contributed by atoms with van der Waals surface area (Å²) < 4.78 is 37.5. The Labute approximate surface area is 199 Å². The zero-order valence-corrected chi connectivity index (χ0v) is 18.6. The minimum Gasteiger partial charge on any atom is -0.381 e. The van der Waals surface area contributed by atoms with Crippen molar-refractivity contribution in [1.82, 2.24) is 15.1 Å². The fourth-order valence-electron chi connectivity index (χ4n) is 4.52. The third-order valence-corrected chi connectivity index (χ3v) is 6.36. The van der Waals surface area contributed by atoms with E-state index in [4.69, 9.17) is 7.48 Å². The van der Waals surface area contributed by atoms with Gasteiger partial charge < -0.3 is 15.0 Å². The largest absolute Gasteiger partial charge is 0.381 e. The molecule has 2 fully saturated rings. The number of imide groups is 1. The second-order valence-corrected chi connectivity index (χ2v) is 8.65. The van der Waals surface area contributed by atoms with E-state index in [9.17, 15) is 18.8 Å². The van der Waals surface area contributed by atoms with Gasteiger partial charge in [0.2, 0.25) is 11.8 Å². The number of carbonyl (C=O) groups excluding carboxylic acids is 3. The van der Waals surface area contributed by atoms with Crippen LogP contribution in [0.3, 0.4) is 0 Å². The lowest BCUT2D eigenvalue weighted by Gasteiger charge is -2.29. The number of carbonyl (C=O) groups is 3. The summed E-state index contributed by atoms with van der Waals surface area (Å²) in [6.07, 6.45) is 0.0750. The molecule has 178 valence electrons. The number of amides is 3. The Morgan fingerprint density at radius 1 is 1.18 bits per heavy atom. The van der Waals surface area contributed by atoms with Crippen molar-refractivity contribution >= 4 is 23.4 Å². The van der Waals surface area contributed by atoms with E-state index in [0.29, 0.717) is 31.0 Å². The molecule has 2 N–H and O–H groups in total. The van der Waals surface area contributed by atoms with Gasteiger partial charge in [-0.1, -0.05) is 12.1 Å². The van der Waals surface area contributed by atoms with Crippen molar-refractivity contribution < 1.29 is 26.3 Å². The lowest BCUT2D eigenvalue weighted by atomic mass is 10.0. The Bertz CT molecular complexity index is 1220. The molecule has 0 radical (unpaired) electrons. The van der Waals surface area contributed by atoms with E-state index in [1.807, 2.05) is 0 Å². The molecule has 1 unspecified atom stereocenters. The summed E-state index contributed by atoms with van der Waals surface area (Å²) >= 11 is 0. The molecule has 9 heteroatoms. The molecule has 0 aromatic heterocycles. The number of piperidine rings is 1. The van der Waals surface area contributed by atoms with Gasteiger partial charge in [0.15, 0.2) is 0 Å². The average Bonchev–Trinajstić information content (AvgIpc) is 3.06. The molecule has 2 aromatic carbocycles. The minimum absolute atomic E-state index is 0.0256. The fourth-order valence-corrected chi connectivity index (χ4v) is 4.52. The summed E-state index contributed by atoms with van der Waals surface area (Å²) in [5.41, 5.74) is 1.97. The number of rotatable bonds is 6. The molecule has 2 aromatic rings. The van der Waals surface area contributed by atoms with Gasteiger partial charge in [0.25, 0.3) is 5.91 Å². The van der Waals surface area contributed by atoms with Crippen LogP contribution in [-0.2, 0) is 33.9 Å². The van der Waals surface area contributed by atoms with Crippen LogP contribution < -0.4 is 10.6 Å². The predicted molar refractivity (Wildman–Crippen MR) is 122 cm³/mol. The van der Waals surface area contributed by atoms with Crippen LogP contribution >= 0.6 is 0 Å². The monoisotopic (exact) mass is 468 g/mol. The normalized spacial score (nSPS) is 23.3. The van der Waals surface area contributed by atoms with Crippen molar-refractivity contribution in [2.75, 3.05) is 31.6 Å². The van der Waals surface area contributed by atoms with Gasteiger partial charge in [-0.05, 0) is 36.2 Å². The summed E-state index contributed by atoms with van der Waals surface area (Å²) in [6, 6.07) is 8.63. The van der Waals surface area contributed by atoms with E-state index in [0.717, 1.165) is 23.6 Å². The molecule has 1 atom stereocenters. The Balaban J connectivity index is 1.37. The minimum atomic E-state index is -2.30. The molecule has 34 heavy (non-hydrogen) atoms. The van der Waals surface area contributed by atoms with Crippen molar-refractivity contribution in [2.24, 2.45) is 0 Å². The zero-order valence-electron chi connectivity index (χ0n) is 20.6. The van der Waals surface area contributed by atoms with E-state index < -0.39 is 30.3 Å². The standard InChI is InChI=1S/C25H27FN4O4/c26-20-5-4-16(14-29-8-10-34-11-9-29)12-17(20)13-27-21-3-1-2-18-19(21)15-30(25(18)33)22-6-7-23(31)28-24(22)32/h1-5,12,22,27H,6-11,13-15H2,(H,28,31,32)/i15D2. The number of morpholine rings is 1. The first-order valence-electron chi connectivity index (χ1n) is 12.4. The summed E-state index contributed by atoms with van der Waals surface area (Å²) in [5, 5.41) is 5.29. The van der Waals surface area contributed by atoms with E-state index in [-0.39, 0.29) is 36.3 Å². The van der Waals surface area contributed by atoms with Crippen LogP contribution in [0.2, 0.25) is 0 Å². The van der Waals surface area contributed by atoms with Crippen LogP contribution in [0.15, 0.2) is 36.4 Å². The first-order chi connectivity index (χ1) is 17.3. The predicted octanol–water partition coefficient (Wildman–Crippen LogP) is 2.03. The molecule has 3 aliphatic heterocycles. The van der Waals surface area contributed by atoms with Crippen LogP contribution in [0, 0.1) is 5.82 Å². The highest BCUT2D eigenvalue weighted by atomic mass is 19.1. The molecule has 0 saturated carbocycles. The van der Waals surface area contributed by atoms with Crippen molar-refractivity contribution in [1.29, 1.82) is 0 Å².